The Kier molecular flexibility index (Phi) is 4.61. The second-order valence-electron chi connectivity index (χ2n) is 5.77. The Labute approximate surface area is 159 Å². The number of ketones is 1. The fraction of sp³-hybridized carbons (Fsp3) is 0.150. The second-order valence-corrected chi connectivity index (χ2v) is 7.78. The molecular formula is C20H16N2O2S2. The minimum atomic E-state index is -0.572. The zero-order valence-electron chi connectivity index (χ0n) is 14.1. The van der Waals surface area contributed by atoms with E-state index in [1.165, 1.54) is 23.1 Å². The zero-order chi connectivity index (χ0) is 18.1. The fourth-order valence-corrected chi connectivity index (χ4v) is 4.81. The highest BCUT2D eigenvalue weighted by atomic mass is 32.2. The number of rotatable bonds is 4. The Balaban J connectivity index is 1.82. The summed E-state index contributed by atoms with van der Waals surface area (Å²) >= 11 is 2.63. The van der Waals surface area contributed by atoms with Gasteiger partial charge in [0, 0.05) is 17.1 Å². The lowest BCUT2D eigenvalue weighted by Crippen LogP contribution is -2.11. The maximum atomic E-state index is 12.9. The van der Waals surface area contributed by atoms with Crippen molar-refractivity contribution in [1.29, 1.82) is 5.41 Å². The van der Waals surface area contributed by atoms with Gasteiger partial charge in [-0.1, -0.05) is 42.1 Å². The Morgan fingerprint density at radius 3 is 2.88 bits per heavy atom. The molecule has 0 aliphatic carbocycles. The quantitative estimate of drug-likeness (QED) is 0.639. The third-order valence-corrected chi connectivity index (χ3v) is 6.03. The molecule has 0 amide bonds. The van der Waals surface area contributed by atoms with E-state index in [0.717, 1.165) is 22.1 Å². The van der Waals surface area contributed by atoms with E-state index in [2.05, 4.69) is 4.98 Å². The van der Waals surface area contributed by atoms with Crippen LogP contribution < -0.4 is 4.74 Å². The summed E-state index contributed by atoms with van der Waals surface area (Å²) in [4.78, 5) is 17.7. The van der Waals surface area contributed by atoms with Crippen molar-refractivity contribution in [3.05, 3.63) is 63.5 Å². The molecule has 1 unspecified atom stereocenters. The molecule has 1 aliphatic heterocycles. The van der Waals surface area contributed by atoms with Gasteiger partial charge < -0.3 is 4.74 Å². The zero-order valence-corrected chi connectivity index (χ0v) is 15.7. The average Bonchev–Trinajstić information content (AvgIpc) is 3.25. The Bertz CT molecular complexity index is 1030. The van der Waals surface area contributed by atoms with E-state index in [1.54, 1.807) is 6.20 Å². The molecule has 1 aliphatic rings. The third-order valence-electron chi connectivity index (χ3n) is 4.19. The summed E-state index contributed by atoms with van der Waals surface area (Å²) in [5.41, 5.74) is 0.883. The summed E-state index contributed by atoms with van der Waals surface area (Å²) in [6.07, 6.45) is 3.54. The maximum Gasteiger partial charge on any atom is 0.186 e. The number of thiazole rings is 1. The van der Waals surface area contributed by atoms with Crippen molar-refractivity contribution in [2.24, 2.45) is 0 Å². The van der Waals surface area contributed by atoms with Gasteiger partial charge in [-0.15, -0.1) is 11.3 Å². The normalized spacial score (nSPS) is 18.8. The van der Waals surface area contributed by atoms with Crippen LogP contribution in [0.5, 0.6) is 5.75 Å². The third kappa shape index (κ3) is 2.95. The molecule has 1 saturated heterocycles. The predicted octanol–water partition coefficient (Wildman–Crippen LogP) is 5.11. The van der Waals surface area contributed by atoms with Crippen molar-refractivity contribution in [2.75, 3.05) is 6.61 Å². The maximum absolute atomic E-state index is 12.9. The van der Waals surface area contributed by atoms with Crippen molar-refractivity contribution < 1.29 is 9.53 Å². The number of nitrogens with one attached hydrogen (secondary N) is 1. The Hall–Kier alpha value is -2.44. The van der Waals surface area contributed by atoms with Gasteiger partial charge in [-0.25, -0.2) is 4.98 Å². The van der Waals surface area contributed by atoms with Gasteiger partial charge in [0.15, 0.2) is 5.78 Å². The molecular weight excluding hydrogens is 364 g/mol. The van der Waals surface area contributed by atoms with Gasteiger partial charge >= 0.3 is 0 Å². The van der Waals surface area contributed by atoms with Gasteiger partial charge in [0.1, 0.15) is 16.7 Å². The number of fused-ring (bicyclic) bond motifs is 1. The van der Waals surface area contributed by atoms with Crippen molar-refractivity contribution in [3.8, 4) is 5.75 Å². The highest BCUT2D eigenvalue weighted by Gasteiger charge is 2.38. The summed E-state index contributed by atoms with van der Waals surface area (Å²) < 4.78 is 5.79. The summed E-state index contributed by atoms with van der Waals surface area (Å²) in [6.45, 7) is 2.49. The van der Waals surface area contributed by atoms with Crippen LogP contribution >= 0.6 is 23.1 Å². The monoisotopic (exact) mass is 380 g/mol. The van der Waals surface area contributed by atoms with Gasteiger partial charge in [-0.2, -0.15) is 0 Å². The number of hydrogen-bond donors (Lipinski definition) is 1. The Morgan fingerprint density at radius 1 is 1.27 bits per heavy atom. The van der Waals surface area contributed by atoms with E-state index in [1.807, 2.05) is 54.8 Å². The lowest BCUT2D eigenvalue weighted by molar-refractivity contribution is -0.114. The lowest BCUT2D eigenvalue weighted by atomic mass is 10.0. The molecule has 0 bridgehead atoms. The smallest absolute Gasteiger partial charge is 0.186 e. The van der Waals surface area contributed by atoms with Gasteiger partial charge in [-0.3, -0.25) is 10.2 Å². The molecule has 1 fully saturated rings. The van der Waals surface area contributed by atoms with Crippen molar-refractivity contribution in [3.63, 3.8) is 0 Å². The van der Waals surface area contributed by atoms with Gasteiger partial charge in [0.2, 0.25) is 0 Å². The van der Waals surface area contributed by atoms with E-state index in [0.29, 0.717) is 21.6 Å². The van der Waals surface area contributed by atoms with Gasteiger partial charge in [0.05, 0.1) is 16.6 Å². The van der Waals surface area contributed by atoms with Crippen molar-refractivity contribution >= 4 is 50.8 Å². The minimum absolute atomic E-state index is 0.0645. The number of carbonyl (C=O) groups excluding carboxylic acids is 1. The van der Waals surface area contributed by atoms with Crippen molar-refractivity contribution in [1.82, 2.24) is 4.98 Å². The number of aromatic nitrogens is 1. The number of carbonyl (C=O) groups is 1. The molecule has 0 radical (unpaired) electrons. The van der Waals surface area contributed by atoms with Crippen LogP contribution in [0.3, 0.4) is 0 Å². The molecule has 4 rings (SSSR count). The molecule has 3 aromatic rings. The molecule has 6 heteroatoms. The fourth-order valence-electron chi connectivity index (χ4n) is 3.03. The summed E-state index contributed by atoms with van der Waals surface area (Å²) in [5.74, 6) is 0.110. The minimum Gasteiger partial charge on any atom is -0.493 e. The van der Waals surface area contributed by atoms with Crippen LogP contribution in [-0.4, -0.2) is 22.4 Å². The van der Waals surface area contributed by atoms with E-state index in [4.69, 9.17) is 10.1 Å². The van der Waals surface area contributed by atoms with Crippen LogP contribution in [0.25, 0.3) is 16.8 Å². The topological polar surface area (TPSA) is 63.0 Å². The van der Waals surface area contributed by atoms with Gasteiger partial charge in [-0.05, 0) is 29.8 Å². The number of nitrogens with zero attached hydrogens (tertiary/aromatic N) is 1. The highest BCUT2D eigenvalue weighted by Crippen LogP contribution is 2.42. The standard InChI is InChI=1S/C20H16N2O2S2/c1-2-24-15-8-7-12-5-3-4-6-13(12)14(15)11-16-18(23)17(19(21)26-16)20-22-9-10-25-20/h3-11,17,21H,2H2,1H3. The van der Waals surface area contributed by atoms with E-state index >= 15 is 0 Å². The largest absolute Gasteiger partial charge is 0.493 e. The molecule has 2 heterocycles. The lowest BCUT2D eigenvalue weighted by Gasteiger charge is -2.11. The molecule has 1 N–H and O–H groups in total. The number of ether oxygens (including phenoxy) is 1. The van der Waals surface area contributed by atoms with Crippen LogP contribution in [0.2, 0.25) is 0 Å². The first-order chi connectivity index (χ1) is 12.7. The average molecular weight is 380 g/mol. The number of Topliss-reactive ketones (excluding diaryl/α,β-unsaturated/α-hetero) is 1. The number of benzene rings is 2. The summed E-state index contributed by atoms with van der Waals surface area (Å²) in [7, 11) is 0. The van der Waals surface area contributed by atoms with Gasteiger partial charge in [0.25, 0.3) is 0 Å². The first-order valence-electron chi connectivity index (χ1n) is 8.25. The van der Waals surface area contributed by atoms with Crippen LogP contribution in [0.4, 0.5) is 0 Å². The summed E-state index contributed by atoms with van der Waals surface area (Å²) in [5, 5.41) is 13.2. The van der Waals surface area contributed by atoms with Crippen LogP contribution in [0.15, 0.2) is 52.9 Å². The van der Waals surface area contributed by atoms with E-state index in [-0.39, 0.29) is 5.78 Å². The van der Waals surface area contributed by atoms with Crippen LogP contribution in [0, 0.1) is 5.41 Å². The molecule has 0 saturated carbocycles. The molecule has 130 valence electrons. The Morgan fingerprint density at radius 2 is 2.12 bits per heavy atom. The first kappa shape index (κ1) is 17.0. The molecule has 0 spiro atoms. The number of thioether (sulfide) groups is 1. The predicted molar refractivity (Wildman–Crippen MR) is 108 cm³/mol. The number of hydrogen-bond acceptors (Lipinski definition) is 6. The second kappa shape index (κ2) is 7.05. The molecule has 4 nitrogen and oxygen atoms in total. The van der Waals surface area contributed by atoms with E-state index in [9.17, 15) is 4.79 Å². The van der Waals surface area contributed by atoms with Crippen LogP contribution in [0.1, 0.15) is 23.4 Å². The number of allylic oxidation sites excluding steroid dienone is 1. The molecule has 1 atom stereocenters. The first-order valence-corrected chi connectivity index (χ1v) is 9.94. The molecule has 2 aromatic carbocycles. The molecule has 1 aromatic heterocycles. The SMILES string of the molecule is CCOc1ccc2ccccc2c1C=C1SC(=N)C(c2nccs2)C1=O. The van der Waals surface area contributed by atoms with Crippen molar-refractivity contribution in [2.45, 2.75) is 12.8 Å². The summed E-state index contributed by atoms with van der Waals surface area (Å²) in [6, 6.07) is 12.0. The van der Waals surface area contributed by atoms with Crippen LogP contribution in [-0.2, 0) is 4.79 Å². The highest BCUT2D eigenvalue weighted by molar-refractivity contribution is 8.19. The van der Waals surface area contributed by atoms with E-state index < -0.39 is 5.92 Å². The molecule has 26 heavy (non-hydrogen) atoms.